The first kappa shape index (κ1) is 15.1. The molecule has 0 spiro atoms. The number of hydrogen-bond acceptors (Lipinski definition) is 1. The monoisotopic (exact) mass is 270 g/mol. The Balaban J connectivity index is 2.53. The van der Waals surface area contributed by atoms with E-state index in [1.54, 1.807) is 0 Å². The minimum Gasteiger partial charge on any atom is -0.388 e. The molecule has 0 saturated carbocycles. The highest BCUT2D eigenvalue weighted by molar-refractivity contribution is 5.74. The minimum atomic E-state index is -0.386. The zero-order valence-electron chi connectivity index (χ0n) is 13.1. The van der Waals surface area contributed by atoms with Gasteiger partial charge in [-0.05, 0) is 40.5 Å². The predicted octanol–water partition coefficient (Wildman–Crippen LogP) is 5.07. The third-order valence-corrected chi connectivity index (χ3v) is 4.15. The first-order valence-corrected chi connectivity index (χ1v) is 7.73. The minimum absolute atomic E-state index is 0.280. The molecular formula is C19H26O. The predicted molar refractivity (Wildman–Crippen MR) is 86.0 cm³/mol. The summed E-state index contributed by atoms with van der Waals surface area (Å²) in [6.45, 7) is 8.74. The van der Waals surface area contributed by atoms with Gasteiger partial charge < -0.3 is 5.11 Å². The third-order valence-electron chi connectivity index (χ3n) is 4.15. The summed E-state index contributed by atoms with van der Waals surface area (Å²) in [7, 11) is 0. The number of fused-ring (bicyclic) bond motifs is 1. The summed E-state index contributed by atoms with van der Waals surface area (Å²) in [5.74, 6) is 0.905. The van der Waals surface area contributed by atoms with Crippen molar-refractivity contribution >= 4 is 0 Å². The van der Waals surface area contributed by atoms with Crippen molar-refractivity contribution in [2.75, 3.05) is 0 Å². The second-order valence-corrected chi connectivity index (χ2v) is 6.29. The van der Waals surface area contributed by atoms with Gasteiger partial charge >= 0.3 is 0 Å². The maximum absolute atomic E-state index is 10.7. The molecule has 0 heterocycles. The molecule has 0 amide bonds. The van der Waals surface area contributed by atoms with Crippen LogP contribution in [-0.2, 0) is 6.42 Å². The van der Waals surface area contributed by atoms with Gasteiger partial charge in [0, 0.05) is 0 Å². The summed E-state index contributed by atoms with van der Waals surface area (Å²) < 4.78 is 0. The summed E-state index contributed by atoms with van der Waals surface area (Å²) in [5, 5.41) is 10.7. The molecule has 2 aliphatic rings. The van der Waals surface area contributed by atoms with E-state index >= 15 is 0 Å². The summed E-state index contributed by atoms with van der Waals surface area (Å²) in [4.78, 5) is 0. The highest BCUT2D eigenvalue weighted by Gasteiger charge is 2.21. The lowest BCUT2D eigenvalue weighted by molar-refractivity contribution is 0.116. The molecule has 0 aromatic heterocycles. The highest BCUT2D eigenvalue weighted by Crippen LogP contribution is 2.37. The Kier molecular flexibility index (Phi) is 4.82. The van der Waals surface area contributed by atoms with Crippen molar-refractivity contribution < 1.29 is 5.11 Å². The normalized spacial score (nSPS) is 14.7. The Morgan fingerprint density at radius 3 is 2.35 bits per heavy atom. The van der Waals surface area contributed by atoms with Gasteiger partial charge in [-0.15, -0.1) is 0 Å². The van der Waals surface area contributed by atoms with Gasteiger partial charge in [0.1, 0.15) is 0 Å². The molecule has 20 heavy (non-hydrogen) atoms. The largest absolute Gasteiger partial charge is 0.388 e. The third kappa shape index (κ3) is 3.04. The molecule has 0 saturated heterocycles. The average Bonchev–Trinajstić information content (AvgIpc) is 2.68. The summed E-state index contributed by atoms with van der Waals surface area (Å²) >= 11 is 0. The molecule has 2 rings (SSSR count). The fourth-order valence-electron chi connectivity index (χ4n) is 2.82. The van der Waals surface area contributed by atoms with E-state index in [1.807, 2.05) is 6.07 Å². The van der Waals surface area contributed by atoms with Crippen molar-refractivity contribution in [1.29, 1.82) is 0 Å². The van der Waals surface area contributed by atoms with Crippen LogP contribution >= 0.6 is 0 Å². The molecule has 0 aromatic carbocycles. The lowest BCUT2D eigenvalue weighted by Crippen LogP contribution is -2.09. The lowest BCUT2D eigenvalue weighted by atomic mass is 9.89. The first-order chi connectivity index (χ1) is 9.54. The number of hydrogen-bond donors (Lipinski definition) is 1. The Bertz CT molecular complexity index is 529. The Hall–Kier alpha value is -1.34. The van der Waals surface area contributed by atoms with E-state index in [1.165, 1.54) is 16.7 Å². The van der Waals surface area contributed by atoms with Gasteiger partial charge in [0.2, 0.25) is 0 Å². The van der Waals surface area contributed by atoms with Gasteiger partial charge in [0.15, 0.2) is 0 Å². The van der Waals surface area contributed by atoms with E-state index in [9.17, 15) is 5.11 Å². The molecule has 1 nitrogen and oxygen atoms in total. The average molecular weight is 270 g/mol. The molecule has 1 heteroatoms. The van der Waals surface area contributed by atoms with Crippen molar-refractivity contribution in [1.82, 2.24) is 0 Å². The Morgan fingerprint density at radius 1 is 1.00 bits per heavy atom. The molecule has 2 aliphatic carbocycles. The quantitative estimate of drug-likeness (QED) is 0.804. The van der Waals surface area contributed by atoms with Crippen molar-refractivity contribution in [3.05, 3.63) is 47.5 Å². The van der Waals surface area contributed by atoms with Crippen LogP contribution in [0.4, 0.5) is 0 Å². The molecule has 108 valence electrons. The van der Waals surface area contributed by atoms with E-state index in [0.29, 0.717) is 5.92 Å². The summed E-state index contributed by atoms with van der Waals surface area (Å²) in [6.07, 6.45) is 1.66. The molecule has 0 aromatic rings. The van der Waals surface area contributed by atoms with Crippen molar-refractivity contribution in [3.63, 3.8) is 0 Å². The molecule has 2 unspecified atom stereocenters. The molecule has 2 atom stereocenters. The lowest BCUT2D eigenvalue weighted by Gasteiger charge is -2.20. The summed E-state index contributed by atoms with van der Waals surface area (Å²) in [6, 6.07) is 12.7. The van der Waals surface area contributed by atoms with E-state index in [0.717, 1.165) is 18.4 Å². The van der Waals surface area contributed by atoms with Crippen LogP contribution in [0.3, 0.4) is 0 Å². The standard InChI is InChI=1S/C19H26O/c1-5-14(4)19(20)17-9-7-6-8-15-10-11-16(18(15)17)12-13(2)3/h6-11,13-14,19-20H,5,12H2,1-4H3. The van der Waals surface area contributed by atoms with Crippen LogP contribution in [0.5, 0.6) is 0 Å². The van der Waals surface area contributed by atoms with Crippen molar-refractivity contribution in [2.45, 2.75) is 46.6 Å². The molecule has 0 bridgehead atoms. The van der Waals surface area contributed by atoms with Crippen LogP contribution in [-0.4, -0.2) is 5.11 Å². The zero-order chi connectivity index (χ0) is 14.7. The van der Waals surface area contributed by atoms with Crippen LogP contribution in [0.15, 0.2) is 36.4 Å². The van der Waals surface area contributed by atoms with E-state index in [4.69, 9.17) is 0 Å². The van der Waals surface area contributed by atoms with Crippen LogP contribution < -0.4 is 0 Å². The maximum atomic E-state index is 10.7. The number of aliphatic hydroxyl groups is 1. The molecule has 0 aliphatic heterocycles. The number of rotatable bonds is 5. The van der Waals surface area contributed by atoms with Crippen LogP contribution in [0.2, 0.25) is 0 Å². The second-order valence-electron chi connectivity index (χ2n) is 6.29. The van der Waals surface area contributed by atoms with E-state index in [-0.39, 0.29) is 12.0 Å². The molecule has 0 radical (unpaired) electrons. The Morgan fingerprint density at radius 2 is 1.70 bits per heavy atom. The Labute approximate surface area is 123 Å². The summed E-state index contributed by atoms with van der Waals surface area (Å²) in [5.41, 5.74) is 4.95. The highest BCUT2D eigenvalue weighted by atomic mass is 16.3. The number of aliphatic hydroxyl groups excluding tert-OH is 1. The van der Waals surface area contributed by atoms with Crippen LogP contribution in [0, 0.1) is 11.8 Å². The molecule has 1 N–H and O–H groups in total. The first-order valence-electron chi connectivity index (χ1n) is 7.73. The SMILES string of the molecule is CCC(C)C(O)c1ccccc2ccc(CC(C)C)c1-2. The van der Waals surface area contributed by atoms with E-state index in [2.05, 4.69) is 58.0 Å². The van der Waals surface area contributed by atoms with Crippen LogP contribution in [0.25, 0.3) is 11.1 Å². The van der Waals surface area contributed by atoms with Gasteiger partial charge in [0.05, 0.1) is 6.10 Å². The topological polar surface area (TPSA) is 20.2 Å². The molecule has 0 fully saturated rings. The van der Waals surface area contributed by atoms with Gasteiger partial charge in [-0.25, -0.2) is 0 Å². The van der Waals surface area contributed by atoms with Crippen molar-refractivity contribution in [2.24, 2.45) is 11.8 Å². The second kappa shape index (κ2) is 6.41. The van der Waals surface area contributed by atoms with Gasteiger partial charge in [-0.3, -0.25) is 0 Å². The zero-order valence-corrected chi connectivity index (χ0v) is 13.1. The fraction of sp³-hybridized carbons (Fsp3) is 0.474. The van der Waals surface area contributed by atoms with Crippen LogP contribution in [0.1, 0.15) is 51.3 Å². The van der Waals surface area contributed by atoms with Gasteiger partial charge in [-0.2, -0.15) is 0 Å². The van der Waals surface area contributed by atoms with E-state index < -0.39 is 0 Å². The van der Waals surface area contributed by atoms with Gasteiger partial charge in [-0.1, -0.05) is 70.5 Å². The van der Waals surface area contributed by atoms with Gasteiger partial charge in [0.25, 0.3) is 0 Å². The van der Waals surface area contributed by atoms with Crippen molar-refractivity contribution in [3.8, 4) is 11.1 Å². The molecular weight excluding hydrogens is 244 g/mol. The maximum Gasteiger partial charge on any atom is 0.0821 e. The fourth-order valence-corrected chi connectivity index (χ4v) is 2.82. The smallest absolute Gasteiger partial charge is 0.0821 e.